The van der Waals surface area contributed by atoms with Gasteiger partial charge in [0, 0.05) is 27.5 Å². The van der Waals surface area contributed by atoms with Crippen LogP contribution in [0.4, 0.5) is 0 Å². The van der Waals surface area contributed by atoms with E-state index in [0.717, 1.165) is 49.8 Å². The molecule has 47 heavy (non-hydrogen) atoms. The van der Waals surface area contributed by atoms with Crippen LogP contribution in [0.25, 0.3) is 89.1 Å². The topological polar surface area (TPSA) is 51.8 Å². The van der Waals surface area contributed by atoms with Crippen molar-refractivity contribution in [3.8, 4) is 56.4 Å². The third-order valence-corrected chi connectivity index (χ3v) is 8.76. The molecule has 0 atom stereocenters. The normalized spacial score (nSPS) is 11.4. The van der Waals surface area contributed by atoms with Gasteiger partial charge in [-0.2, -0.15) is 0 Å². The molecule has 0 unspecified atom stereocenters. The Hall–Kier alpha value is -6.39. The first-order valence-electron chi connectivity index (χ1n) is 15.7. The van der Waals surface area contributed by atoms with Crippen molar-refractivity contribution in [3.63, 3.8) is 0 Å². The van der Waals surface area contributed by atoms with E-state index in [2.05, 4.69) is 91.0 Å². The van der Waals surface area contributed by atoms with Crippen molar-refractivity contribution < 1.29 is 4.42 Å². The average molecular weight is 602 g/mol. The van der Waals surface area contributed by atoms with E-state index in [1.54, 1.807) is 0 Å². The Morgan fingerprint density at radius 2 is 0.915 bits per heavy atom. The lowest BCUT2D eigenvalue weighted by Gasteiger charge is -2.09. The van der Waals surface area contributed by atoms with Crippen LogP contribution in [-0.4, -0.2) is 15.0 Å². The molecule has 0 N–H and O–H groups in total. The summed E-state index contributed by atoms with van der Waals surface area (Å²) in [5, 5.41) is 4.51. The zero-order chi connectivity index (χ0) is 31.2. The first-order chi connectivity index (χ1) is 23.3. The van der Waals surface area contributed by atoms with Crippen LogP contribution < -0.4 is 0 Å². The molecule has 2 heterocycles. The van der Waals surface area contributed by atoms with Gasteiger partial charge in [0.05, 0.1) is 0 Å². The summed E-state index contributed by atoms with van der Waals surface area (Å²) in [6.45, 7) is 0. The molecule has 2 aromatic heterocycles. The summed E-state index contributed by atoms with van der Waals surface area (Å²) in [6, 6.07) is 56.4. The van der Waals surface area contributed by atoms with E-state index in [0.29, 0.717) is 17.5 Å². The van der Waals surface area contributed by atoms with Crippen molar-refractivity contribution in [2.24, 2.45) is 0 Å². The Labute approximate surface area is 271 Å². The molecular formula is C43H27N3O. The van der Waals surface area contributed by atoms with Gasteiger partial charge in [0.25, 0.3) is 0 Å². The number of hydrogen-bond acceptors (Lipinski definition) is 4. The fourth-order valence-electron chi connectivity index (χ4n) is 6.44. The molecule has 0 fully saturated rings. The quantitative estimate of drug-likeness (QED) is 0.197. The minimum atomic E-state index is 0.610. The van der Waals surface area contributed by atoms with Crippen molar-refractivity contribution in [2.45, 2.75) is 0 Å². The third kappa shape index (κ3) is 4.84. The number of fused-ring (bicyclic) bond motifs is 4. The molecule has 220 valence electrons. The molecule has 0 aliphatic heterocycles. The van der Waals surface area contributed by atoms with Gasteiger partial charge in [0.2, 0.25) is 0 Å². The van der Waals surface area contributed by atoms with Gasteiger partial charge in [-0.25, -0.2) is 15.0 Å². The minimum Gasteiger partial charge on any atom is -0.456 e. The number of aromatic nitrogens is 3. The van der Waals surface area contributed by atoms with Crippen LogP contribution in [0.2, 0.25) is 0 Å². The Kier molecular flexibility index (Phi) is 6.43. The van der Waals surface area contributed by atoms with E-state index in [1.165, 1.54) is 21.9 Å². The van der Waals surface area contributed by atoms with Crippen LogP contribution in [0.3, 0.4) is 0 Å². The second kappa shape index (κ2) is 11.2. The van der Waals surface area contributed by atoms with Crippen molar-refractivity contribution in [2.75, 3.05) is 0 Å². The number of benzene rings is 7. The number of hydrogen-bond donors (Lipinski definition) is 0. The highest BCUT2D eigenvalue weighted by Crippen LogP contribution is 2.38. The summed E-state index contributed by atoms with van der Waals surface area (Å²) in [6.07, 6.45) is 0. The van der Waals surface area contributed by atoms with Crippen LogP contribution in [0.15, 0.2) is 168 Å². The van der Waals surface area contributed by atoms with Gasteiger partial charge in [-0.15, -0.1) is 0 Å². The Balaban J connectivity index is 1.14. The van der Waals surface area contributed by atoms with Crippen molar-refractivity contribution >= 4 is 32.7 Å². The molecule has 0 amide bonds. The maximum atomic E-state index is 6.48. The summed E-state index contributed by atoms with van der Waals surface area (Å²) >= 11 is 0. The van der Waals surface area contributed by atoms with Crippen LogP contribution in [0.1, 0.15) is 0 Å². The molecule has 9 rings (SSSR count). The lowest BCUT2D eigenvalue weighted by atomic mass is 9.96. The molecule has 0 bridgehead atoms. The zero-order valence-electron chi connectivity index (χ0n) is 25.3. The zero-order valence-corrected chi connectivity index (χ0v) is 25.3. The molecular weight excluding hydrogens is 574 g/mol. The van der Waals surface area contributed by atoms with Crippen LogP contribution in [0, 0.1) is 0 Å². The average Bonchev–Trinajstić information content (AvgIpc) is 3.53. The van der Waals surface area contributed by atoms with Gasteiger partial charge >= 0.3 is 0 Å². The van der Waals surface area contributed by atoms with E-state index in [-0.39, 0.29) is 0 Å². The van der Waals surface area contributed by atoms with Crippen molar-refractivity contribution in [1.29, 1.82) is 0 Å². The molecule has 0 saturated heterocycles. The van der Waals surface area contributed by atoms with Crippen LogP contribution >= 0.6 is 0 Å². The Morgan fingerprint density at radius 1 is 0.340 bits per heavy atom. The van der Waals surface area contributed by atoms with E-state index < -0.39 is 0 Å². The monoisotopic (exact) mass is 601 g/mol. The molecule has 0 radical (unpaired) electrons. The molecule has 7 aromatic carbocycles. The van der Waals surface area contributed by atoms with Gasteiger partial charge in [0.15, 0.2) is 17.5 Å². The summed E-state index contributed by atoms with van der Waals surface area (Å²) in [7, 11) is 0. The highest BCUT2D eigenvalue weighted by atomic mass is 16.3. The van der Waals surface area contributed by atoms with E-state index in [1.807, 2.05) is 72.8 Å². The number of rotatable bonds is 5. The highest BCUT2D eigenvalue weighted by molar-refractivity contribution is 6.12. The molecule has 0 aliphatic carbocycles. The number of nitrogens with zero attached hydrogens (tertiary/aromatic N) is 3. The van der Waals surface area contributed by atoms with Gasteiger partial charge in [-0.3, -0.25) is 0 Å². The second-order valence-electron chi connectivity index (χ2n) is 11.6. The molecule has 9 aromatic rings. The fraction of sp³-hybridized carbons (Fsp3) is 0. The predicted octanol–water partition coefficient (Wildman–Crippen LogP) is 11.3. The first kappa shape index (κ1) is 27.0. The summed E-state index contributed by atoms with van der Waals surface area (Å²) in [5.74, 6) is 1.88. The molecule has 4 heteroatoms. The lowest BCUT2D eigenvalue weighted by molar-refractivity contribution is 0.669. The Bertz CT molecular complexity index is 2490. The Morgan fingerprint density at radius 3 is 1.66 bits per heavy atom. The largest absolute Gasteiger partial charge is 0.456 e. The maximum Gasteiger partial charge on any atom is 0.164 e. The second-order valence-corrected chi connectivity index (χ2v) is 11.6. The predicted molar refractivity (Wildman–Crippen MR) is 192 cm³/mol. The summed E-state index contributed by atoms with van der Waals surface area (Å²) < 4.78 is 6.48. The van der Waals surface area contributed by atoms with Gasteiger partial charge in [-0.1, -0.05) is 146 Å². The summed E-state index contributed by atoms with van der Waals surface area (Å²) in [5.41, 5.74) is 9.07. The van der Waals surface area contributed by atoms with Gasteiger partial charge in [-0.05, 0) is 51.2 Å². The molecule has 0 saturated carbocycles. The maximum absolute atomic E-state index is 6.48. The van der Waals surface area contributed by atoms with E-state index in [9.17, 15) is 0 Å². The molecule has 0 spiro atoms. The van der Waals surface area contributed by atoms with Crippen molar-refractivity contribution in [1.82, 2.24) is 15.0 Å². The van der Waals surface area contributed by atoms with Gasteiger partial charge in [0.1, 0.15) is 11.2 Å². The minimum absolute atomic E-state index is 0.610. The fourth-order valence-corrected chi connectivity index (χ4v) is 6.44. The van der Waals surface area contributed by atoms with E-state index >= 15 is 0 Å². The SMILES string of the molecule is c1ccc(-c2nc(-c3ccccc3)nc(-c3cccc4oc5cc(-c6ccc(-c7cccc8ccccc78)cc6)ccc5c34)n2)cc1. The number of furan rings is 1. The van der Waals surface area contributed by atoms with Gasteiger partial charge < -0.3 is 4.42 Å². The first-order valence-corrected chi connectivity index (χ1v) is 15.7. The van der Waals surface area contributed by atoms with Crippen LogP contribution in [-0.2, 0) is 0 Å². The smallest absolute Gasteiger partial charge is 0.164 e. The van der Waals surface area contributed by atoms with Crippen LogP contribution in [0.5, 0.6) is 0 Å². The summed E-state index contributed by atoms with van der Waals surface area (Å²) in [4.78, 5) is 14.8. The van der Waals surface area contributed by atoms with Crippen molar-refractivity contribution in [3.05, 3.63) is 164 Å². The van der Waals surface area contributed by atoms with E-state index in [4.69, 9.17) is 19.4 Å². The lowest BCUT2D eigenvalue weighted by Crippen LogP contribution is -2.00. The molecule has 0 aliphatic rings. The standard InChI is InChI=1S/C43H27N3O/c1-3-12-31(13-4-1)41-44-42(32-14-5-2-6-15-32)46-43(45-41)37-19-10-20-38-40(37)36-26-25-33(27-39(36)47-38)28-21-23-30(24-22-28)35-18-9-16-29-11-7-8-17-34(29)35/h1-27H. The highest BCUT2D eigenvalue weighted by Gasteiger charge is 2.18. The molecule has 4 nitrogen and oxygen atoms in total. The third-order valence-electron chi connectivity index (χ3n) is 8.76.